The van der Waals surface area contributed by atoms with Gasteiger partial charge < -0.3 is 29.9 Å². The lowest BCUT2D eigenvalue weighted by Crippen LogP contribution is -2.64. The van der Waals surface area contributed by atoms with E-state index < -0.39 is 42.2 Å². The molecule has 1 saturated heterocycles. The Morgan fingerprint density at radius 2 is 1.86 bits per heavy atom. The summed E-state index contributed by atoms with van der Waals surface area (Å²) in [5, 5.41) is 50.7. The van der Waals surface area contributed by atoms with Crippen LogP contribution in [-0.2, 0) is 4.74 Å². The Balaban J connectivity index is 2.09. The Kier molecular flexibility index (Phi) is 4.70. The smallest absolute Gasteiger partial charge is 0.269 e. The van der Waals surface area contributed by atoms with Gasteiger partial charge in [0.2, 0.25) is 0 Å². The quantitative estimate of drug-likeness (QED) is 0.433. The van der Waals surface area contributed by atoms with Crippen molar-refractivity contribution in [1.82, 2.24) is 0 Å². The maximum Gasteiger partial charge on any atom is 0.269 e. The minimum absolute atomic E-state index is 0.115. The van der Waals surface area contributed by atoms with E-state index in [2.05, 4.69) is 0 Å². The van der Waals surface area contributed by atoms with Crippen molar-refractivity contribution in [3.05, 3.63) is 34.4 Å². The van der Waals surface area contributed by atoms with E-state index in [1.54, 1.807) is 0 Å². The van der Waals surface area contributed by atoms with Crippen molar-refractivity contribution in [3.8, 4) is 5.75 Å². The van der Waals surface area contributed by atoms with Crippen LogP contribution in [0.5, 0.6) is 5.75 Å². The number of non-ortho nitro benzene ring substituents is 1. The average Bonchev–Trinajstić information content (AvgIpc) is 2.47. The van der Waals surface area contributed by atoms with E-state index in [1.165, 1.54) is 24.3 Å². The summed E-state index contributed by atoms with van der Waals surface area (Å²) < 4.78 is 10.0. The van der Waals surface area contributed by atoms with Crippen LogP contribution in [0.3, 0.4) is 0 Å². The molecule has 9 heteroatoms. The van der Waals surface area contributed by atoms with Gasteiger partial charge in [0, 0.05) is 18.4 Å². The van der Waals surface area contributed by atoms with Gasteiger partial charge in [-0.25, -0.2) is 0 Å². The van der Waals surface area contributed by atoms with Crippen LogP contribution in [0.25, 0.3) is 0 Å². The molecule has 1 aromatic rings. The first-order valence-electron chi connectivity index (χ1n) is 6.13. The molecule has 116 valence electrons. The average molecular weight is 300 g/mol. The highest BCUT2D eigenvalue weighted by molar-refractivity contribution is 5.36. The molecule has 1 heterocycles. The van der Waals surface area contributed by atoms with Gasteiger partial charge in [0.25, 0.3) is 5.69 Å². The number of nitro benzene ring substituents is 1. The number of nitrogens with zero attached hydrogens (tertiary/aromatic N) is 1. The van der Waals surface area contributed by atoms with Crippen LogP contribution < -0.4 is 9.84 Å². The first-order chi connectivity index (χ1) is 9.93. The number of rotatable bonds is 4. The molecule has 21 heavy (non-hydrogen) atoms. The molecular formula is C12H14NO8-. The zero-order valence-corrected chi connectivity index (χ0v) is 10.7. The van der Waals surface area contributed by atoms with Crippen molar-refractivity contribution in [3.63, 3.8) is 0 Å². The predicted molar refractivity (Wildman–Crippen MR) is 65.3 cm³/mol. The predicted octanol–water partition coefficient (Wildman–Crippen LogP) is -1.86. The second-order valence-corrected chi connectivity index (χ2v) is 4.54. The summed E-state index contributed by atoms with van der Waals surface area (Å²) in [6, 6.07) is 4.89. The molecule has 1 aromatic carbocycles. The fraction of sp³-hybridized carbons (Fsp3) is 0.500. The summed E-state index contributed by atoms with van der Waals surface area (Å²) in [4.78, 5) is 9.93. The van der Waals surface area contributed by atoms with E-state index in [0.29, 0.717) is 0 Å². The molecule has 0 unspecified atom stereocenters. The van der Waals surface area contributed by atoms with Crippen molar-refractivity contribution in [2.24, 2.45) is 0 Å². The third kappa shape index (κ3) is 3.28. The van der Waals surface area contributed by atoms with Gasteiger partial charge in [0.05, 0.1) is 11.5 Å². The standard InChI is InChI=1S/C12H14NO8/c14-5-8-9(15)10(16)11(12(17)21-8)20-7-3-1-6(2-4-7)13(18)19/h1-4,8-12,14-16H,5H2/q-1/t8-,9+,10+,11-,12-/m1/s1. The van der Waals surface area contributed by atoms with Gasteiger partial charge in [0.1, 0.15) is 30.2 Å². The molecule has 0 aliphatic carbocycles. The van der Waals surface area contributed by atoms with Gasteiger partial charge >= 0.3 is 0 Å². The SMILES string of the molecule is O=[N+]([O-])c1ccc(O[C@@H]2[C@@H](O)[C@@H](O)[C@@H](CO)O[C@H]2[O-])cc1. The van der Waals surface area contributed by atoms with Crippen LogP contribution in [0, 0.1) is 10.1 Å². The van der Waals surface area contributed by atoms with E-state index in [9.17, 15) is 25.4 Å². The number of hydrogen-bond donors (Lipinski definition) is 3. The molecule has 1 aliphatic heterocycles. The second kappa shape index (κ2) is 6.33. The molecule has 0 amide bonds. The molecule has 9 nitrogen and oxygen atoms in total. The van der Waals surface area contributed by atoms with Gasteiger partial charge in [-0.3, -0.25) is 10.1 Å². The molecule has 2 rings (SSSR count). The van der Waals surface area contributed by atoms with E-state index in [4.69, 9.17) is 14.6 Å². The number of aliphatic hydroxyl groups is 3. The van der Waals surface area contributed by atoms with Gasteiger partial charge in [0.15, 0.2) is 0 Å². The fourth-order valence-corrected chi connectivity index (χ4v) is 1.99. The summed E-state index contributed by atoms with van der Waals surface area (Å²) in [6.07, 6.45) is -7.41. The van der Waals surface area contributed by atoms with Crippen LogP contribution >= 0.6 is 0 Å². The van der Waals surface area contributed by atoms with Crippen LogP contribution in [0.4, 0.5) is 5.69 Å². The minimum Gasteiger partial charge on any atom is -0.828 e. The first-order valence-corrected chi connectivity index (χ1v) is 6.13. The molecule has 0 bridgehead atoms. The highest BCUT2D eigenvalue weighted by atomic mass is 16.7. The zero-order chi connectivity index (χ0) is 15.6. The maximum absolute atomic E-state index is 11.7. The Labute approximate surface area is 119 Å². The van der Waals surface area contributed by atoms with E-state index in [-0.39, 0.29) is 11.4 Å². The molecule has 1 aliphatic rings. The van der Waals surface area contributed by atoms with Crippen molar-refractivity contribution in [2.75, 3.05) is 6.61 Å². The van der Waals surface area contributed by atoms with Crippen molar-refractivity contribution in [1.29, 1.82) is 0 Å². The number of ether oxygens (including phenoxy) is 2. The van der Waals surface area contributed by atoms with Gasteiger partial charge in [-0.2, -0.15) is 0 Å². The minimum atomic E-state index is -1.81. The second-order valence-electron chi connectivity index (χ2n) is 4.54. The molecule has 0 spiro atoms. The topological polar surface area (TPSA) is 145 Å². The van der Waals surface area contributed by atoms with Crippen LogP contribution in [0.15, 0.2) is 24.3 Å². The molecular weight excluding hydrogens is 286 g/mol. The Morgan fingerprint density at radius 3 is 2.38 bits per heavy atom. The van der Waals surface area contributed by atoms with Crippen LogP contribution in [0.2, 0.25) is 0 Å². The molecule has 0 radical (unpaired) electrons. The van der Waals surface area contributed by atoms with E-state index >= 15 is 0 Å². The number of aliphatic hydroxyl groups excluding tert-OH is 3. The van der Waals surface area contributed by atoms with Crippen LogP contribution in [0.1, 0.15) is 0 Å². The monoisotopic (exact) mass is 300 g/mol. The largest absolute Gasteiger partial charge is 0.828 e. The van der Waals surface area contributed by atoms with E-state index in [0.717, 1.165) is 0 Å². The Bertz CT molecular complexity index is 493. The van der Waals surface area contributed by atoms with Crippen molar-refractivity contribution < 1.29 is 34.8 Å². The lowest BCUT2D eigenvalue weighted by Gasteiger charge is -2.45. The molecule has 5 atom stereocenters. The Hall–Kier alpha value is -1.78. The van der Waals surface area contributed by atoms with Crippen LogP contribution in [-0.4, -0.2) is 57.6 Å². The van der Waals surface area contributed by atoms with Crippen molar-refractivity contribution >= 4 is 5.69 Å². The molecule has 0 saturated carbocycles. The summed E-state index contributed by atoms with van der Waals surface area (Å²) in [5.74, 6) is 0.115. The number of hydrogen-bond acceptors (Lipinski definition) is 8. The zero-order valence-electron chi connectivity index (χ0n) is 10.7. The summed E-state index contributed by atoms with van der Waals surface area (Å²) in [7, 11) is 0. The Morgan fingerprint density at radius 1 is 1.24 bits per heavy atom. The number of nitro groups is 1. The highest BCUT2D eigenvalue weighted by Gasteiger charge is 2.41. The highest BCUT2D eigenvalue weighted by Crippen LogP contribution is 2.24. The summed E-state index contributed by atoms with van der Waals surface area (Å²) in [5.41, 5.74) is -0.151. The lowest BCUT2D eigenvalue weighted by atomic mass is 9.99. The maximum atomic E-state index is 11.7. The normalized spacial score (nSPS) is 32.7. The summed E-state index contributed by atoms with van der Waals surface area (Å²) in [6.45, 7) is -0.610. The molecule has 1 fully saturated rings. The fourth-order valence-electron chi connectivity index (χ4n) is 1.99. The van der Waals surface area contributed by atoms with E-state index in [1.807, 2.05) is 0 Å². The van der Waals surface area contributed by atoms with Gasteiger partial charge in [-0.15, -0.1) is 0 Å². The number of benzene rings is 1. The first kappa shape index (κ1) is 15.6. The lowest BCUT2D eigenvalue weighted by molar-refractivity contribution is -0.530. The van der Waals surface area contributed by atoms with Gasteiger partial charge in [-0.1, -0.05) is 0 Å². The van der Waals surface area contributed by atoms with Gasteiger partial charge in [-0.05, 0) is 12.1 Å². The molecule has 0 aromatic heterocycles. The third-order valence-corrected chi connectivity index (χ3v) is 3.14. The molecule has 3 N–H and O–H groups in total. The van der Waals surface area contributed by atoms with Crippen molar-refractivity contribution in [2.45, 2.75) is 30.7 Å². The summed E-state index contributed by atoms with van der Waals surface area (Å²) >= 11 is 0. The third-order valence-electron chi connectivity index (χ3n) is 3.14.